The van der Waals surface area contributed by atoms with Crippen molar-refractivity contribution >= 4 is 29.3 Å². The van der Waals surface area contributed by atoms with Gasteiger partial charge in [0.05, 0.1) is 0 Å². The first-order valence-corrected chi connectivity index (χ1v) is 8.01. The molecule has 2 nitrogen and oxygen atoms in total. The van der Waals surface area contributed by atoms with Crippen molar-refractivity contribution in [2.24, 2.45) is 0 Å². The van der Waals surface area contributed by atoms with E-state index in [1.54, 1.807) is 6.07 Å². The van der Waals surface area contributed by atoms with E-state index in [9.17, 15) is 9.90 Å². The Morgan fingerprint density at radius 3 is 2.48 bits per heavy atom. The Balaban J connectivity index is 1.77. The zero-order valence-corrected chi connectivity index (χ0v) is 12.9. The van der Waals surface area contributed by atoms with Gasteiger partial charge in [-0.3, -0.25) is 4.79 Å². The van der Waals surface area contributed by atoms with Gasteiger partial charge in [-0.1, -0.05) is 48.0 Å². The number of carbonyl (C=O) groups is 1. The minimum atomic E-state index is -0.736. The van der Waals surface area contributed by atoms with E-state index in [-0.39, 0.29) is 0 Å². The topological polar surface area (TPSA) is 37.3 Å². The molecule has 108 valence electrons. The number of carboxylic acid groups (broad SMARTS) is 1. The first-order chi connectivity index (χ1) is 10.1. The second-order valence-corrected chi connectivity index (χ2v) is 7.27. The van der Waals surface area contributed by atoms with Gasteiger partial charge in [0.2, 0.25) is 0 Å². The standard InChI is InChI=1S/C17H15ClO2S/c18-14-7-4-8-15(9-14)21-17(16(19)20)10-13(11-17)12-5-2-1-3-6-12/h1-9,13H,10-11H2,(H,19,20). The number of hydrogen-bond acceptors (Lipinski definition) is 2. The maximum atomic E-state index is 11.7. The smallest absolute Gasteiger partial charge is 0.320 e. The van der Waals surface area contributed by atoms with Gasteiger partial charge in [0.15, 0.2) is 0 Å². The van der Waals surface area contributed by atoms with Gasteiger partial charge in [-0.15, -0.1) is 11.8 Å². The van der Waals surface area contributed by atoms with E-state index in [0.717, 1.165) is 4.90 Å². The molecule has 0 unspecified atom stereocenters. The molecule has 2 aromatic rings. The molecule has 1 aliphatic rings. The van der Waals surface area contributed by atoms with Crippen molar-refractivity contribution in [2.75, 3.05) is 0 Å². The Hall–Kier alpha value is -1.45. The molecule has 0 aliphatic heterocycles. The molecule has 0 saturated heterocycles. The number of thioether (sulfide) groups is 1. The molecule has 0 heterocycles. The summed E-state index contributed by atoms with van der Waals surface area (Å²) in [6.07, 6.45) is 1.31. The predicted molar refractivity (Wildman–Crippen MR) is 86.1 cm³/mol. The summed E-state index contributed by atoms with van der Waals surface area (Å²) in [5.74, 6) is -0.409. The predicted octanol–water partition coefficient (Wildman–Crippen LogP) is 4.83. The van der Waals surface area contributed by atoms with Gasteiger partial charge in [-0.25, -0.2) is 0 Å². The number of aliphatic carboxylic acids is 1. The van der Waals surface area contributed by atoms with Crippen molar-refractivity contribution in [2.45, 2.75) is 28.4 Å². The normalized spacial score (nSPS) is 24.3. The fraction of sp³-hybridized carbons (Fsp3) is 0.235. The molecule has 3 rings (SSSR count). The van der Waals surface area contributed by atoms with E-state index in [1.807, 2.05) is 36.4 Å². The lowest BCUT2D eigenvalue weighted by Crippen LogP contribution is -2.46. The van der Waals surface area contributed by atoms with Crippen LogP contribution in [-0.4, -0.2) is 15.8 Å². The highest BCUT2D eigenvalue weighted by Gasteiger charge is 2.51. The molecule has 21 heavy (non-hydrogen) atoms. The molecule has 0 aromatic heterocycles. The van der Waals surface area contributed by atoms with Crippen LogP contribution >= 0.6 is 23.4 Å². The van der Waals surface area contributed by atoms with Gasteiger partial charge in [0.1, 0.15) is 4.75 Å². The van der Waals surface area contributed by atoms with Crippen LogP contribution in [0.5, 0.6) is 0 Å². The van der Waals surface area contributed by atoms with Gasteiger partial charge >= 0.3 is 5.97 Å². The lowest BCUT2D eigenvalue weighted by molar-refractivity contribution is -0.142. The molecule has 2 aromatic carbocycles. The lowest BCUT2D eigenvalue weighted by Gasteiger charge is -2.44. The van der Waals surface area contributed by atoms with E-state index < -0.39 is 10.7 Å². The van der Waals surface area contributed by atoms with Crippen LogP contribution in [0.4, 0.5) is 0 Å². The zero-order valence-electron chi connectivity index (χ0n) is 11.3. The average Bonchev–Trinajstić information content (AvgIpc) is 2.43. The largest absolute Gasteiger partial charge is 0.480 e. The van der Waals surface area contributed by atoms with Gasteiger partial charge in [0, 0.05) is 9.92 Å². The monoisotopic (exact) mass is 318 g/mol. The Morgan fingerprint density at radius 2 is 1.86 bits per heavy atom. The molecule has 0 spiro atoms. The Kier molecular flexibility index (Phi) is 3.96. The lowest BCUT2D eigenvalue weighted by atomic mass is 9.70. The molecule has 1 N–H and O–H groups in total. The van der Waals surface area contributed by atoms with Crippen LogP contribution in [0.1, 0.15) is 24.3 Å². The summed E-state index contributed by atoms with van der Waals surface area (Å²) in [6.45, 7) is 0. The summed E-state index contributed by atoms with van der Waals surface area (Å²) in [5.41, 5.74) is 1.22. The van der Waals surface area contributed by atoms with E-state index in [1.165, 1.54) is 17.3 Å². The number of halogens is 1. The van der Waals surface area contributed by atoms with Crippen molar-refractivity contribution in [1.29, 1.82) is 0 Å². The summed E-state index contributed by atoms with van der Waals surface area (Å²) < 4.78 is -0.731. The van der Waals surface area contributed by atoms with Crippen LogP contribution in [0.15, 0.2) is 59.5 Å². The molecule has 0 bridgehead atoms. The first kappa shape index (κ1) is 14.5. The average molecular weight is 319 g/mol. The van der Waals surface area contributed by atoms with Crippen LogP contribution in [0.25, 0.3) is 0 Å². The molecule has 0 amide bonds. The maximum absolute atomic E-state index is 11.7. The highest BCUT2D eigenvalue weighted by atomic mass is 35.5. The van der Waals surface area contributed by atoms with Crippen LogP contribution in [0.3, 0.4) is 0 Å². The van der Waals surface area contributed by atoms with Crippen LogP contribution in [-0.2, 0) is 4.79 Å². The van der Waals surface area contributed by atoms with Crippen molar-refractivity contribution in [3.05, 3.63) is 65.2 Å². The van der Waals surface area contributed by atoms with E-state index >= 15 is 0 Å². The SMILES string of the molecule is O=C(O)C1(Sc2cccc(Cl)c2)CC(c2ccccc2)C1. The highest BCUT2D eigenvalue weighted by Crippen LogP contribution is 2.55. The molecule has 0 atom stereocenters. The third-order valence-corrected chi connectivity index (χ3v) is 5.55. The molecule has 4 heteroatoms. The second-order valence-electron chi connectivity index (χ2n) is 5.37. The van der Waals surface area contributed by atoms with Gasteiger partial charge in [0.25, 0.3) is 0 Å². The molecule has 1 saturated carbocycles. The number of carboxylic acids is 1. The van der Waals surface area contributed by atoms with Crippen molar-refractivity contribution < 1.29 is 9.90 Å². The minimum Gasteiger partial charge on any atom is -0.480 e. The van der Waals surface area contributed by atoms with Gasteiger partial charge in [-0.2, -0.15) is 0 Å². The fourth-order valence-corrected chi connectivity index (χ4v) is 4.45. The van der Waals surface area contributed by atoms with Gasteiger partial charge < -0.3 is 5.11 Å². The Morgan fingerprint density at radius 1 is 1.14 bits per heavy atom. The van der Waals surface area contributed by atoms with Crippen LogP contribution < -0.4 is 0 Å². The fourth-order valence-electron chi connectivity index (χ4n) is 2.75. The van der Waals surface area contributed by atoms with Crippen LogP contribution in [0, 0.1) is 0 Å². The molecule has 1 aliphatic carbocycles. The Labute approximate surface area is 133 Å². The summed E-state index contributed by atoms with van der Waals surface area (Å²) in [6, 6.07) is 17.5. The van der Waals surface area contributed by atoms with Crippen molar-refractivity contribution in [3.63, 3.8) is 0 Å². The second kappa shape index (κ2) is 5.74. The Bertz CT molecular complexity index is 651. The third-order valence-electron chi connectivity index (χ3n) is 3.92. The number of benzene rings is 2. The highest BCUT2D eigenvalue weighted by molar-refractivity contribution is 8.01. The zero-order chi connectivity index (χ0) is 14.9. The van der Waals surface area contributed by atoms with Gasteiger partial charge in [-0.05, 0) is 42.5 Å². The molecular formula is C17H15ClO2S. The summed E-state index contributed by atoms with van der Waals surface area (Å²) in [5, 5.41) is 10.3. The van der Waals surface area contributed by atoms with Crippen molar-refractivity contribution in [1.82, 2.24) is 0 Å². The van der Waals surface area contributed by atoms with E-state index in [4.69, 9.17) is 11.6 Å². The first-order valence-electron chi connectivity index (χ1n) is 6.82. The van der Waals surface area contributed by atoms with Crippen LogP contribution in [0.2, 0.25) is 5.02 Å². The molecular weight excluding hydrogens is 304 g/mol. The number of rotatable bonds is 4. The minimum absolute atomic E-state index is 0.328. The quantitative estimate of drug-likeness (QED) is 0.877. The van der Waals surface area contributed by atoms with E-state index in [2.05, 4.69) is 12.1 Å². The summed E-state index contributed by atoms with van der Waals surface area (Å²) in [7, 11) is 0. The third kappa shape index (κ3) is 2.94. The summed E-state index contributed by atoms with van der Waals surface area (Å²) in [4.78, 5) is 12.6. The van der Waals surface area contributed by atoms with E-state index in [0.29, 0.717) is 23.8 Å². The maximum Gasteiger partial charge on any atom is 0.320 e. The molecule has 0 radical (unpaired) electrons. The van der Waals surface area contributed by atoms with Crippen molar-refractivity contribution in [3.8, 4) is 0 Å². The summed E-state index contributed by atoms with van der Waals surface area (Å²) >= 11 is 7.39. The number of hydrogen-bond donors (Lipinski definition) is 1. The molecule has 1 fully saturated rings.